The van der Waals surface area contributed by atoms with Crippen LogP contribution in [-0.2, 0) is 4.79 Å². The standard InChI is InChI=1S/C10H13N3O/c1-7-6-9(14)13-10(12-7)8-2-4-11-5-3-8/h2-5,7,10,12H,6H2,1H3,(H,13,14). The van der Waals surface area contributed by atoms with Crippen LogP contribution in [0.25, 0.3) is 0 Å². The van der Waals surface area contributed by atoms with Crippen LogP contribution in [0.1, 0.15) is 25.1 Å². The highest BCUT2D eigenvalue weighted by molar-refractivity contribution is 5.77. The molecule has 1 aromatic heterocycles. The third kappa shape index (κ3) is 1.90. The highest BCUT2D eigenvalue weighted by atomic mass is 16.2. The molecule has 0 aromatic carbocycles. The number of pyridine rings is 1. The summed E-state index contributed by atoms with van der Waals surface area (Å²) in [6, 6.07) is 4.02. The minimum atomic E-state index is -0.0748. The highest BCUT2D eigenvalue weighted by Crippen LogP contribution is 2.14. The summed E-state index contributed by atoms with van der Waals surface area (Å²) in [5.41, 5.74) is 1.04. The fraction of sp³-hybridized carbons (Fsp3) is 0.400. The molecule has 0 radical (unpaired) electrons. The van der Waals surface area contributed by atoms with Gasteiger partial charge in [-0.05, 0) is 24.6 Å². The number of rotatable bonds is 1. The summed E-state index contributed by atoms with van der Waals surface area (Å²) < 4.78 is 0. The Labute approximate surface area is 82.7 Å². The molecule has 2 rings (SSSR count). The third-order valence-electron chi connectivity index (χ3n) is 2.29. The Balaban J connectivity index is 2.15. The zero-order valence-corrected chi connectivity index (χ0v) is 8.03. The van der Waals surface area contributed by atoms with E-state index in [9.17, 15) is 4.79 Å². The van der Waals surface area contributed by atoms with E-state index in [1.54, 1.807) is 12.4 Å². The van der Waals surface area contributed by atoms with Gasteiger partial charge >= 0.3 is 0 Å². The average molecular weight is 191 g/mol. The van der Waals surface area contributed by atoms with Crippen molar-refractivity contribution >= 4 is 5.91 Å². The fourth-order valence-corrected chi connectivity index (χ4v) is 1.62. The summed E-state index contributed by atoms with van der Waals surface area (Å²) in [5.74, 6) is 0.0954. The van der Waals surface area contributed by atoms with Gasteiger partial charge in [-0.1, -0.05) is 0 Å². The SMILES string of the molecule is CC1CC(=O)NC(c2ccncc2)N1. The lowest BCUT2D eigenvalue weighted by atomic mass is 10.1. The second-order valence-electron chi connectivity index (χ2n) is 3.55. The molecule has 14 heavy (non-hydrogen) atoms. The first kappa shape index (κ1) is 9.15. The Morgan fingerprint density at radius 2 is 2.14 bits per heavy atom. The molecule has 0 spiro atoms. The molecule has 1 saturated heterocycles. The summed E-state index contributed by atoms with van der Waals surface area (Å²) in [4.78, 5) is 15.2. The number of amides is 1. The zero-order valence-electron chi connectivity index (χ0n) is 8.03. The first-order valence-corrected chi connectivity index (χ1v) is 4.71. The molecule has 74 valence electrons. The van der Waals surface area contributed by atoms with Crippen molar-refractivity contribution in [3.63, 3.8) is 0 Å². The van der Waals surface area contributed by atoms with Crippen molar-refractivity contribution in [2.75, 3.05) is 0 Å². The predicted molar refractivity (Wildman–Crippen MR) is 52.3 cm³/mol. The van der Waals surface area contributed by atoms with Crippen molar-refractivity contribution in [3.05, 3.63) is 30.1 Å². The Kier molecular flexibility index (Phi) is 2.45. The van der Waals surface area contributed by atoms with E-state index in [1.807, 2.05) is 19.1 Å². The maximum Gasteiger partial charge on any atom is 0.223 e. The number of hydrogen-bond acceptors (Lipinski definition) is 3. The number of aromatic nitrogens is 1. The minimum absolute atomic E-state index is 0.0748. The molecule has 1 aliphatic rings. The number of carbonyl (C=O) groups excluding carboxylic acids is 1. The lowest BCUT2D eigenvalue weighted by Crippen LogP contribution is -2.49. The van der Waals surface area contributed by atoms with Crippen molar-refractivity contribution in [2.45, 2.75) is 25.6 Å². The van der Waals surface area contributed by atoms with Crippen molar-refractivity contribution in [2.24, 2.45) is 0 Å². The van der Waals surface area contributed by atoms with Gasteiger partial charge in [0, 0.05) is 24.9 Å². The quantitative estimate of drug-likeness (QED) is 0.682. The average Bonchev–Trinajstić information content (AvgIpc) is 2.18. The van der Waals surface area contributed by atoms with Gasteiger partial charge in [0.25, 0.3) is 0 Å². The zero-order chi connectivity index (χ0) is 9.97. The molecular formula is C10H13N3O. The smallest absolute Gasteiger partial charge is 0.223 e. The van der Waals surface area contributed by atoms with Crippen molar-refractivity contribution in [1.82, 2.24) is 15.6 Å². The minimum Gasteiger partial charge on any atom is -0.337 e. The van der Waals surface area contributed by atoms with Crippen molar-refractivity contribution in [1.29, 1.82) is 0 Å². The van der Waals surface area contributed by atoms with Gasteiger partial charge in [-0.3, -0.25) is 15.1 Å². The number of nitrogens with one attached hydrogen (secondary N) is 2. The summed E-state index contributed by atoms with van der Waals surface area (Å²) in [5, 5.41) is 6.19. The van der Waals surface area contributed by atoms with Gasteiger partial charge in [0.05, 0.1) is 0 Å². The molecule has 2 atom stereocenters. The van der Waals surface area contributed by atoms with Crippen molar-refractivity contribution in [3.8, 4) is 0 Å². The maximum atomic E-state index is 11.3. The van der Waals surface area contributed by atoms with Gasteiger partial charge in [0.15, 0.2) is 0 Å². The summed E-state index contributed by atoms with van der Waals surface area (Å²) >= 11 is 0. The molecule has 2 unspecified atom stereocenters. The Morgan fingerprint density at radius 3 is 2.79 bits per heavy atom. The number of hydrogen-bond donors (Lipinski definition) is 2. The van der Waals surface area contributed by atoms with Gasteiger partial charge in [0.1, 0.15) is 6.17 Å². The van der Waals surface area contributed by atoms with Crippen LogP contribution < -0.4 is 10.6 Å². The monoisotopic (exact) mass is 191 g/mol. The van der Waals surface area contributed by atoms with Crippen LogP contribution >= 0.6 is 0 Å². The topological polar surface area (TPSA) is 54.0 Å². The lowest BCUT2D eigenvalue weighted by molar-refractivity contribution is -0.124. The van der Waals surface area contributed by atoms with Gasteiger partial charge in [-0.2, -0.15) is 0 Å². The third-order valence-corrected chi connectivity index (χ3v) is 2.29. The van der Waals surface area contributed by atoms with Gasteiger partial charge in [0.2, 0.25) is 5.91 Å². The molecule has 1 fully saturated rings. The van der Waals surface area contributed by atoms with E-state index in [4.69, 9.17) is 0 Å². The van der Waals surface area contributed by atoms with Crippen LogP contribution in [0, 0.1) is 0 Å². The first-order valence-electron chi connectivity index (χ1n) is 4.71. The lowest BCUT2D eigenvalue weighted by Gasteiger charge is -2.29. The largest absolute Gasteiger partial charge is 0.337 e. The highest BCUT2D eigenvalue weighted by Gasteiger charge is 2.23. The van der Waals surface area contributed by atoms with Crippen LogP contribution in [0.3, 0.4) is 0 Å². The Bertz CT molecular complexity index is 325. The van der Waals surface area contributed by atoms with Crippen LogP contribution in [-0.4, -0.2) is 16.9 Å². The molecule has 4 nitrogen and oxygen atoms in total. The summed E-state index contributed by atoms with van der Waals surface area (Å²) in [6.07, 6.45) is 3.92. The van der Waals surface area contributed by atoms with E-state index < -0.39 is 0 Å². The first-order chi connectivity index (χ1) is 6.75. The van der Waals surface area contributed by atoms with Crippen molar-refractivity contribution < 1.29 is 4.79 Å². The molecule has 0 aliphatic carbocycles. The molecule has 4 heteroatoms. The molecule has 0 saturated carbocycles. The maximum absolute atomic E-state index is 11.3. The molecule has 2 heterocycles. The molecule has 2 N–H and O–H groups in total. The van der Waals surface area contributed by atoms with E-state index in [0.29, 0.717) is 6.42 Å². The van der Waals surface area contributed by atoms with Crippen LogP contribution in [0.4, 0.5) is 0 Å². The second kappa shape index (κ2) is 3.75. The summed E-state index contributed by atoms with van der Waals surface area (Å²) in [6.45, 7) is 2.01. The molecule has 1 aliphatic heterocycles. The molecule has 0 bridgehead atoms. The van der Waals surface area contributed by atoms with E-state index in [-0.39, 0.29) is 18.1 Å². The Hall–Kier alpha value is -1.42. The van der Waals surface area contributed by atoms with E-state index in [2.05, 4.69) is 15.6 Å². The van der Waals surface area contributed by atoms with Crippen LogP contribution in [0.2, 0.25) is 0 Å². The van der Waals surface area contributed by atoms with E-state index in [0.717, 1.165) is 5.56 Å². The van der Waals surface area contributed by atoms with E-state index in [1.165, 1.54) is 0 Å². The Morgan fingerprint density at radius 1 is 1.43 bits per heavy atom. The van der Waals surface area contributed by atoms with Gasteiger partial charge < -0.3 is 5.32 Å². The molecular weight excluding hydrogens is 178 g/mol. The molecule has 1 aromatic rings. The molecule has 1 amide bonds. The fourth-order valence-electron chi connectivity index (χ4n) is 1.62. The predicted octanol–water partition coefficient (Wildman–Crippen LogP) is 0.578. The summed E-state index contributed by atoms with van der Waals surface area (Å²) in [7, 11) is 0. The number of carbonyl (C=O) groups is 1. The second-order valence-corrected chi connectivity index (χ2v) is 3.55. The van der Waals surface area contributed by atoms with Crippen LogP contribution in [0.5, 0.6) is 0 Å². The van der Waals surface area contributed by atoms with Crippen LogP contribution in [0.15, 0.2) is 24.5 Å². The van der Waals surface area contributed by atoms with Gasteiger partial charge in [-0.25, -0.2) is 0 Å². The van der Waals surface area contributed by atoms with Gasteiger partial charge in [-0.15, -0.1) is 0 Å². The number of nitrogens with zero attached hydrogens (tertiary/aromatic N) is 1. The van der Waals surface area contributed by atoms with E-state index >= 15 is 0 Å². The normalized spacial score (nSPS) is 27.1.